The third-order valence-electron chi connectivity index (χ3n) is 11.0. The molecule has 0 atom stereocenters. The molecule has 2 aromatic heterocycles. The first-order valence-corrected chi connectivity index (χ1v) is 19.6. The molecule has 55 heavy (non-hydrogen) atoms. The average molecular weight is 719 g/mol. The zero-order chi connectivity index (χ0) is 36.3. The maximum Gasteiger partial charge on any atom is 0.0702 e. The molecule has 0 aliphatic carbocycles. The standard InChI is InChI=1S/C52H34N2S/c1-2-15-36(16-3-1)41-30-28-39(38-27-26-35-14-4-5-17-37(35)32-38)33-50(41)53(40-29-31-45-44-20-8-13-25-51(44)55-52(45)34-40)48-23-11-12-24-49(48)54-46-21-9-6-18-42(46)43-19-7-10-22-47(43)54/h1-34H. The van der Waals surface area contributed by atoms with Gasteiger partial charge in [-0.15, -0.1) is 11.3 Å². The van der Waals surface area contributed by atoms with Gasteiger partial charge in [0.15, 0.2) is 0 Å². The minimum atomic E-state index is 1.10. The predicted octanol–water partition coefficient (Wildman–Crippen LogP) is 15.1. The molecule has 0 spiro atoms. The van der Waals surface area contributed by atoms with E-state index in [-0.39, 0.29) is 0 Å². The monoisotopic (exact) mass is 718 g/mol. The highest BCUT2D eigenvalue weighted by Gasteiger charge is 2.24. The molecule has 0 radical (unpaired) electrons. The second-order valence-electron chi connectivity index (χ2n) is 14.1. The first-order chi connectivity index (χ1) is 27.3. The molecule has 3 heteroatoms. The number of rotatable bonds is 6. The van der Waals surface area contributed by atoms with Crippen LogP contribution in [0.4, 0.5) is 17.1 Å². The lowest BCUT2D eigenvalue weighted by atomic mass is 9.95. The van der Waals surface area contributed by atoms with Crippen LogP contribution in [0, 0.1) is 0 Å². The summed E-state index contributed by atoms with van der Waals surface area (Å²) >= 11 is 1.86. The summed E-state index contributed by atoms with van der Waals surface area (Å²) in [6.45, 7) is 0. The summed E-state index contributed by atoms with van der Waals surface area (Å²) < 4.78 is 5.01. The molecule has 0 bridgehead atoms. The lowest BCUT2D eigenvalue weighted by Crippen LogP contribution is -2.14. The molecule has 258 valence electrons. The summed E-state index contributed by atoms with van der Waals surface area (Å²) in [6.07, 6.45) is 0. The summed E-state index contributed by atoms with van der Waals surface area (Å²) in [4.78, 5) is 2.50. The van der Waals surface area contributed by atoms with Crippen LogP contribution in [0.5, 0.6) is 0 Å². The van der Waals surface area contributed by atoms with Crippen LogP contribution in [-0.4, -0.2) is 4.57 Å². The van der Waals surface area contributed by atoms with Gasteiger partial charge >= 0.3 is 0 Å². The molecule has 0 fully saturated rings. The van der Waals surface area contributed by atoms with Gasteiger partial charge in [0, 0.05) is 42.2 Å². The van der Waals surface area contributed by atoms with Gasteiger partial charge in [0.05, 0.1) is 28.1 Å². The number of fused-ring (bicyclic) bond motifs is 7. The Morgan fingerprint density at radius 2 is 0.982 bits per heavy atom. The van der Waals surface area contributed by atoms with Gasteiger partial charge in [-0.3, -0.25) is 0 Å². The lowest BCUT2D eigenvalue weighted by molar-refractivity contribution is 1.15. The number of hydrogen-bond acceptors (Lipinski definition) is 2. The van der Waals surface area contributed by atoms with Crippen molar-refractivity contribution in [2.24, 2.45) is 0 Å². The van der Waals surface area contributed by atoms with Gasteiger partial charge in [0.1, 0.15) is 0 Å². The third-order valence-corrected chi connectivity index (χ3v) is 12.1. The quantitative estimate of drug-likeness (QED) is 0.166. The van der Waals surface area contributed by atoms with Gasteiger partial charge < -0.3 is 9.47 Å². The minimum Gasteiger partial charge on any atom is -0.308 e. The van der Waals surface area contributed by atoms with Gasteiger partial charge in [-0.25, -0.2) is 0 Å². The van der Waals surface area contributed by atoms with E-state index < -0.39 is 0 Å². The summed E-state index contributed by atoms with van der Waals surface area (Å²) in [5.41, 5.74) is 11.5. The van der Waals surface area contributed by atoms with Crippen molar-refractivity contribution in [3.05, 3.63) is 206 Å². The number of benzene rings is 9. The van der Waals surface area contributed by atoms with Crippen molar-refractivity contribution >= 4 is 81.1 Å². The average Bonchev–Trinajstić information content (AvgIpc) is 3.79. The Morgan fingerprint density at radius 1 is 0.364 bits per heavy atom. The molecule has 0 aliphatic heterocycles. The Bertz CT molecular complexity index is 3170. The highest BCUT2D eigenvalue weighted by molar-refractivity contribution is 7.25. The Morgan fingerprint density at radius 3 is 1.80 bits per heavy atom. The Hall–Kier alpha value is -6.94. The van der Waals surface area contributed by atoms with E-state index in [9.17, 15) is 0 Å². The Kier molecular flexibility index (Phi) is 7.39. The van der Waals surface area contributed by atoms with Crippen LogP contribution in [0.25, 0.3) is 80.7 Å². The van der Waals surface area contributed by atoms with Gasteiger partial charge in [-0.05, 0) is 82.1 Å². The van der Waals surface area contributed by atoms with E-state index in [4.69, 9.17) is 0 Å². The normalized spacial score (nSPS) is 11.6. The number of aromatic nitrogens is 1. The molecule has 2 heterocycles. The number of hydrogen-bond donors (Lipinski definition) is 0. The second kappa shape index (κ2) is 12.9. The van der Waals surface area contributed by atoms with E-state index in [1.54, 1.807) is 0 Å². The Labute approximate surface area is 323 Å². The van der Waals surface area contributed by atoms with E-state index in [1.807, 2.05) is 11.3 Å². The molecule has 0 aliphatic rings. The van der Waals surface area contributed by atoms with Crippen LogP contribution in [0.1, 0.15) is 0 Å². The molecular formula is C52H34N2S. The Balaban J connectivity index is 1.23. The first kappa shape index (κ1) is 31.6. The molecule has 11 aromatic rings. The zero-order valence-corrected chi connectivity index (χ0v) is 30.7. The van der Waals surface area contributed by atoms with E-state index in [1.165, 1.54) is 75.0 Å². The predicted molar refractivity (Wildman–Crippen MR) is 237 cm³/mol. The zero-order valence-electron chi connectivity index (χ0n) is 29.9. The SMILES string of the molecule is c1ccc(-c2ccc(-c3ccc4ccccc4c3)cc2N(c2ccc3c(c2)sc2ccccc23)c2ccccc2-n2c3ccccc3c3ccccc32)cc1. The summed E-state index contributed by atoms with van der Waals surface area (Å²) in [7, 11) is 0. The lowest BCUT2D eigenvalue weighted by Gasteiger charge is -2.31. The van der Waals surface area contributed by atoms with Crippen LogP contribution >= 0.6 is 11.3 Å². The summed E-state index contributed by atoms with van der Waals surface area (Å²) in [6, 6.07) is 75.4. The largest absolute Gasteiger partial charge is 0.308 e. The maximum atomic E-state index is 2.50. The number of nitrogens with zero attached hydrogens (tertiary/aromatic N) is 2. The third kappa shape index (κ3) is 5.24. The van der Waals surface area contributed by atoms with Crippen molar-refractivity contribution in [1.29, 1.82) is 0 Å². The van der Waals surface area contributed by atoms with Crippen molar-refractivity contribution in [2.75, 3.05) is 4.90 Å². The number of thiophene rings is 1. The summed E-state index contributed by atoms with van der Waals surface area (Å²) in [5.74, 6) is 0. The minimum absolute atomic E-state index is 1.10. The van der Waals surface area contributed by atoms with Crippen LogP contribution in [0.2, 0.25) is 0 Å². The topological polar surface area (TPSA) is 8.17 Å². The fourth-order valence-electron chi connectivity index (χ4n) is 8.41. The highest BCUT2D eigenvalue weighted by atomic mass is 32.1. The number of para-hydroxylation sites is 4. The van der Waals surface area contributed by atoms with E-state index in [2.05, 4.69) is 216 Å². The van der Waals surface area contributed by atoms with Crippen molar-refractivity contribution < 1.29 is 0 Å². The maximum absolute atomic E-state index is 2.50. The smallest absolute Gasteiger partial charge is 0.0702 e. The molecule has 0 saturated heterocycles. The van der Waals surface area contributed by atoms with Crippen LogP contribution in [0.3, 0.4) is 0 Å². The van der Waals surface area contributed by atoms with Gasteiger partial charge in [-0.2, -0.15) is 0 Å². The van der Waals surface area contributed by atoms with Crippen LogP contribution in [-0.2, 0) is 0 Å². The van der Waals surface area contributed by atoms with Crippen molar-refractivity contribution in [3.8, 4) is 27.9 Å². The second-order valence-corrected chi connectivity index (χ2v) is 15.2. The molecule has 2 nitrogen and oxygen atoms in total. The first-order valence-electron chi connectivity index (χ1n) is 18.8. The number of anilines is 3. The van der Waals surface area contributed by atoms with Crippen molar-refractivity contribution in [1.82, 2.24) is 4.57 Å². The molecule has 9 aromatic carbocycles. The molecule has 0 N–H and O–H groups in total. The van der Waals surface area contributed by atoms with E-state index in [0.29, 0.717) is 0 Å². The molecular weight excluding hydrogens is 685 g/mol. The van der Waals surface area contributed by atoms with Crippen LogP contribution < -0.4 is 4.90 Å². The molecule has 0 amide bonds. The van der Waals surface area contributed by atoms with Crippen molar-refractivity contribution in [3.63, 3.8) is 0 Å². The van der Waals surface area contributed by atoms with E-state index >= 15 is 0 Å². The van der Waals surface area contributed by atoms with Gasteiger partial charge in [-0.1, -0.05) is 152 Å². The summed E-state index contributed by atoms with van der Waals surface area (Å²) in [5, 5.41) is 7.55. The highest BCUT2D eigenvalue weighted by Crippen LogP contribution is 2.48. The fraction of sp³-hybridized carbons (Fsp3) is 0. The fourth-order valence-corrected chi connectivity index (χ4v) is 9.55. The van der Waals surface area contributed by atoms with Crippen LogP contribution in [0.15, 0.2) is 206 Å². The van der Waals surface area contributed by atoms with Crippen molar-refractivity contribution in [2.45, 2.75) is 0 Å². The van der Waals surface area contributed by atoms with E-state index in [0.717, 1.165) is 22.7 Å². The molecule has 0 unspecified atom stereocenters. The molecule has 0 saturated carbocycles. The van der Waals surface area contributed by atoms with Gasteiger partial charge in [0.25, 0.3) is 0 Å². The van der Waals surface area contributed by atoms with Gasteiger partial charge in [0.2, 0.25) is 0 Å². The molecule has 11 rings (SSSR count).